The van der Waals surface area contributed by atoms with Gasteiger partial charge < -0.3 is 4.90 Å². The lowest BCUT2D eigenvalue weighted by Crippen LogP contribution is -2.45. The molecule has 4 nitrogen and oxygen atoms in total. The highest BCUT2D eigenvalue weighted by molar-refractivity contribution is 6.42. The Labute approximate surface area is 174 Å². The molecule has 1 heterocycles. The Morgan fingerprint density at radius 1 is 1.29 bits per heavy atom. The van der Waals surface area contributed by atoms with Gasteiger partial charge in [0, 0.05) is 29.4 Å². The van der Waals surface area contributed by atoms with Crippen LogP contribution in [0.25, 0.3) is 0 Å². The van der Waals surface area contributed by atoms with Crippen molar-refractivity contribution in [3.8, 4) is 0 Å². The van der Waals surface area contributed by atoms with Crippen molar-refractivity contribution in [2.75, 3.05) is 11.9 Å². The number of hydrogen-bond donors (Lipinski definition) is 1. The minimum absolute atomic E-state index is 0.0394. The summed E-state index contributed by atoms with van der Waals surface area (Å²) < 4.78 is 14.6. The molecule has 28 heavy (non-hydrogen) atoms. The molecule has 2 aromatic carbocycles. The Bertz CT molecular complexity index is 959. The van der Waals surface area contributed by atoms with Crippen molar-refractivity contribution in [3.05, 3.63) is 62.9 Å². The average Bonchev–Trinajstić information content (AvgIpc) is 2.62. The zero-order valence-corrected chi connectivity index (χ0v) is 17.7. The van der Waals surface area contributed by atoms with E-state index in [-0.39, 0.29) is 16.4 Å². The highest BCUT2D eigenvalue weighted by Gasteiger charge is 2.34. The first-order valence-corrected chi connectivity index (χ1v) is 9.71. The number of fused-ring (bicyclic) bond motifs is 1. The molecule has 1 aliphatic heterocycles. The second-order valence-electron chi connectivity index (χ2n) is 7.74. The van der Waals surface area contributed by atoms with Crippen LogP contribution in [-0.2, 0) is 0 Å². The second kappa shape index (κ2) is 7.72. The molecule has 148 valence electrons. The number of anilines is 1. The molecule has 7 heteroatoms. The van der Waals surface area contributed by atoms with Crippen LogP contribution in [-0.4, -0.2) is 24.7 Å². The fraction of sp³-hybridized carbons (Fsp3) is 0.333. The molecule has 1 N–H and O–H groups in total. The summed E-state index contributed by atoms with van der Waals surface area (Å²) in [5.41, 5.74) is 4.95. The molecule has 1 amide bonds. The van der Waals surface area contributed by atoms with Crippen LogP contribution in [0.3, 0.4) is 0 Å². The van der Waals surface area contributed by atoms with Crippen LogP contribution in [0.1, 0.15) is 54.6 Å². The minimum atomic E-state index is -0.456. The number of hydrogen-bond acceptors (Lipinski definition) is 3. The second-order valence-corrected chi connectivity index (χ2v) is 8.55. The number of carbonyl (C=O) groups excluding carboxylic acids is 1. The van der Waals surface area contributed by atoms with Gasteiger partial charge in [-0.05, 0) is 62.1 Å². The molecule has 0 aromatic heterocycles. The quantitative estimate of drug-likeness (QED) is 0.516. The Hall–Kier alpha value is -2.11. The Morgan fingerprint density at radius 3 is 2.68 bits per heavy atom. The smallest absolute Gasteiger partial charge is 0.271 e. The lowest BCUT2D eigenvalue weighted by molar-refractivity contribution is 0.0955. The molecular formula is C21H22Cl2FN3O. The molecule has 1 aliphatic rings. The highest BCUT2D eigenvalue weighted by Crippen LogP contribution is 2.43. The van der Waals surface area contributed by atoms with Gasteiger partial charge in [-0.3, -0.25) is 4.79 Å². The number of amides is 1. The molecule has 2 aromatic rings. The zero-order chi connectivity index (χ0) is 20.6. The van der Waals surface area contributed by atoms with Crippen molar-refractivity contribution in [2.24, 2.45) is 5.10 Å². The summed E-state index contributed by atoms with van der Waals surface area (Å²) in [4.78, 5) is 14.3. The van der Waals surface area contributed by atoms with Gasteiger partial charge in [-0.2, -0.15) is 5.10 Å². The number of nitrogens with zero attached hydrogens (tertiary/aromatic N) is 2. The summed E-state index contributed by atoms with van der Waals surface area (Å²) in [7, 11) is 1.98. The molecule has 1 unspecified atom stereocenters. The number of nitrogens with one attached hydrogen (secondary N) is 1. The zero-order valence-electron chi connectivity index (χ0n) is 16.2. The van der Waals surface area contributed by atoms with Gasteiger partial charge in [0.25, 0.3) is 5.91 Å². The maximum Gasteiger partial charge on any atom is 0.271 e. The fourth-order valence-electron chi connectivity index (χ4n) is 3.57. The molecule has 0 bridgehead atoms. The Kier molecular flexibility index (Phi) is 5.69. The van der Waals surface area contributed by atoms with Crippen molar-refractivity contribution >= 4 is 41.0 Å². The van der Waals surface area contributed by atoms with E-state index in [1.165, 1.54) is 30.5 Å². The molecule has 0 spiro atoms. The van der Waals surface area contributed by atoms with Gasteiger partial charge in [0.1, 0.15) is 5.82 Å². The lowest BCUT2D eigenvalue weighted by Gasteiger charge is -2.45. The fourth-order valence-corrected chi connectivity index (χ4v) is 3.86. The van der Waals surface area contributed by atoms with Crippen molar-refractivity contribution in [1.82, 2.24) is 5.43 Å². The van der Waals surface area contributed by atoms with E-state index in [4.69, 9.17) is 23.2 Å². The van der Waals surface area contributed by atoms with Crippen molar-refractivity contribution in [2.45, 2.75) is 38.6 Å². The van der Waals surface area contributed by atoms with Crippen LogP contribution in [0.15, 0.2) is 35.4 Å². The number of benzene rings is 2. The normalized spacial score (nSPS) is 18.2. The van der Waals surface area contributed by atoms with Crippen LogP contribution < -0.4 is 10.3 Å². The summed E-state index contributed by atoms with van der Waals surface area (Å²) in [6.07, 6.45) is 2.28. The number of rotatable bonds is 3. The first-order chi connectivity index (χ1) is 13.1. The van der Waals surface area contributed by atoms with Gasteiger partial charge in [-0.25, -0.2) is 9.82 Å². The van der Waals surface area contributed by atoms with E-state index >= 15 is 0 Å². The SMILES string of the molecule is CC1CC(C)(C)N(C)c2cc(F)c(/C=N\NC(=O)c3ccc(Cl)c(Cl)c3)cc21. The van der Waals surface area contributed by atoms with E-state index in [1.54, 1.807) is 6.07 Å². The third-order valence-corrected chi connectivity index (χ3v) is 6.04. The summed E-state index contributed by atoms with van der Waals surface area (Å²) in [5, 5.41) is 4.54. The van der Waals surface area contributed by atoms with Crippen LogP contribution in [0.2, 0.25) is 10.0 Å². The van der Waals surface area contributed by atoms with Gasteiger partial charge in [-0.15, -0.1) is 0 Å². The Balaban J connectivity index is 1.80. The molecule has 0 saturated heterocycles. The van der Waals surface area contributed by atoms with Crippen LogP contribution in [0, 0.1) is 5.82 Å². The van der Waals surface area contributed by atoms with Crippen LogP contribution in [0.4, 0.5) is 10.1 Å². The van der Waals surface area contributed by atoms with Gasteiger partial charge in [0.2, 0.25) is 0 Å². The number of halogens is 3. The third kappa shape index (κ3) is 4.01. The molecule has 0 aliphatic carbocycles. The topological polar surface area (TPSA) is 44.7 Å². The first kappa shape index (κ1) is 20.6. The first-order valence-electron chi connectivity index (χ1n) is 8.96. The average molecular weight is 422 g/mol. The summed E-state index contributed by atoms with van der Waals surface area (Å²) in [6, 6.07) is 7.86. The Morgan fingerprint density at radius 2 is 2.00 bits per heavy atom. The molecule has 1 atom stereocenters. The molecule has 0 radical (unpaired) electrons. The van der Waals surface area contributed by atoms with Gasteiger partial charge in [0.05, 0.1) is 16.3 Å². The van der Waals surface area contributed by atoms with Gasteiger partial charge >= 0.3 is 0 Å². The summed E-state index contributed by atoms with van der Waals surface area (Å²) >= 11 is 11.8. The maximum atomic E-state index is 14.6. The summed E-state index contributed by atoms with van der Waals surface area (Å²) in [6.45, 7) is 6.44. The van der Waals surface area contributed by atoms with Crippen molar-refractivity contribution in [1.29, 1.82) is 0 Å². The molecule has 0 saturated carbocycles. The van der Waals surface area contributed by atoms with Crippen molar-refractivity contribution in [3.63, 3.8) is 0 Å². The van der Waals surface area contributed by atoms with E-state index in [9.17, 15) is 9.18 Å². The third-order valence-electron chi connectivity index (χ3n) is 5.30. The van der Waals surface area contributed by atoms with Crippen LogP contribution in [0.5, 0.6) is 0 Å². The minimum Gasteiger partial charge on any atom is -0.369 e. The highest BCUT2D eigenvalue weighted by atomic mass is 35.5. The molecular weight excluding hydrogens is 400 g/mol. The van der Waals surface area contributed by atoms with E-state index < -0.39 is 5.91 Å². The standard InChI is InChI=1S/C21H22Cl2FN3O/c1-12-10-21(2,3)27(4)19-9-18(24)14(7-15(12)19)11-25-26-20(28)13-5-6-16(22)17(23)8-13/h5-9,11-12H,10H2,1-4H3,(H,26,28)/b25-11-. The van der Waals surface area contributed by atoms with E-state index in [1.807, 2.05) is 7.05 Å². The predicted octanol–water partition coefficient (Wildman–Crippen LogP) is 5.62. The van der Waals surface area contributed by atoms with E-state index in [0.29, 0.717) is 22.1 Å². The molecule has 0 fully saturated rings. The van der Waals surface area contributed by atoms with E-state index in [2.05, 4.69) is 36.2 Å². The summed E-state index contributed by atoms with van der Waals surface area (Å²) in [5.74, 6) is -0.550. The number of carbonyl (C=O) groups is 1. The van der Waals surface area contributed by atoms with E-state index in [0.717, 1.165) is 17.7 Å². The maximum absolute atomic E-state index is 14.6. The van der Waals surface area contributed by atoms with Crippen molar-refractivity contribution < 1.29 is 9.18 Å². The van der Waals surface area contributed by atoms with Gasteiger partial charge in [-0.1, -0.05) is 30.1 Å². The van der Waals surface area contributed by atoms with Crippen LogP contribution >= 0.6 is 23.2 Å². The predicted molar refractivity (Wildman–Crippen MR) is 113 cm³/mol. The largest absolute Gasteiger partial charge is 0.369 e. The monoisotopic (exact) mass is 421 g/mol. The molecule has 3 rings (SSSR count). The number of hydrazone groups is 1. The van der Waals surface area contributed by atoms with Gasteiger partial charge in [0.15, 0.2) is 0 Å². The lowest BCUT2D eigenvalue weighted by atomic mass is 9.80.